The zero-order valence-corrected chi connectivity index (χ0v) is 6.93. The van der Waals surface area contributed by atoms with E-state index in [0.717, 1.165) is 0 Å². The highest BCUT2D eigenvalue weighted by atomic mass is 16.4. The van der Waals surface area contributed by atoms with Crippen LogP contribution in [-0.4, -0.2) is 25.8 Å². The lowest BCUT2D eigenvalue weighted by Gasteiger charge is -1.92. The first-order chi connectivity index (χ1) is 6.18. The quantitative estimate of drug-likeness (QED) is 0.695. The second-order valence-corrected chi connectivity index (χ2v) is 2.70. The van der Waals surface area contributed by atoms with Crippen molar-refractivity contribution in [3.63, 3.8) is 0 Å². The molecule has 0 fully saturated rings. The number of rotatable bonds is 1. The Balaban J connectivity index is 2.82. The Hall–Kier alpha value is -1.91. The van der Waals surface area contributed by atoms with Crippen LogP contribution in [0, 0.1) is 0 Å². The molecule has 5 heteroatoms. The van der Waals surface area contributed by atoms with Crippen LogP contribution in [0.2, 0.25) is 0 Å². The smallest absolute Gasteiger partial charge is 0.336 e. The zero-order valence-electron chi connectivity index (χ0n) is 6.93. The molecule has 0 spiro atoms. The van der Waals surface area contributed by atoms with Crippen molar-refractivity contribution in [1.29, 1.82) is 0 Å². The Labute approximate surface area is 73.6 Å². The minimum absolute atomic E-state index is 0.234. The minimum atomic E-state index is -0.958. The first-order valence-electron chi connectivity index (χ1n) is 3.70. The van der Waals surface area contributed by atoms with Gasteiger partial charge in [0.1, 0.15) is 0 Å². The van der Waals surface area contributed by atoms with Gasteiger partial charge in [-0.25, -0.2) is 9.78 Å². The fraction of sp³-hybridized carbons (Fsp3) is 0.125. The number of hydrogen-bond acceptors (Lipinski definition) is 3. The lowest BCUT2D eigenvalue weighted by Crippen LogP contribution is -1.96. The van der Waals surface area contributed by atoms with E-state index >= 15 is 0 Å². The van der Waals surface area contributed by atoms with Crippen molar-refractivity contribution >= 4 is 17.0 Å². The Morgan fingerprint density at radius 3 is 3.08 bits per heavy atom. The molecule has 0 unspecified atom stereocenters. The molecular formula is C8H7N3O2. The first-order valence-corrected chi connectivity index (χ1v) is 3.70. The van der Waals surface area contributed by atoms with Crippen LogP contribution < -0.4 is 0 Å². The summed E-state index contributed by atoms with van der Waals surface area (Å²) in [5, 5.41) is 13.4. The molecule has 2 aromatic rings. The van der Waals surface area contributed by atoms with Gasteiger partial charge in [-0.1, -0.05) is 0 Å². The lowest BCUT2D eigenvalue weighted by molar-refractivity contribution is 0.0699. The van der Waals surface area contributed by atoms with E-state index in [-0.39, 0.29) is 5.56 Å². The molecule has 0 aromatic carbocycles. The second-order valence-electron chi connectivity index (χ2n) is 2.70. The molecule has 5 nitrogen and oxygen atoms in total. The van der Waals surface area contributed by atoms with Gasteiger partial charge >= 0.3 is 5.97 Å². The van der Waals surface area contributed by atoms with Gasteiger partial charge in [-0.2, -0.15) is 5.10 Å². The number of hydrogen-bond donors (Lipinski definition) is 1. The normalized spacial score (nSPS) is 10.5. The highest BCUT2D eigenvalue weighted by Crippen LogP contribution is 2.14. The van der Waals surface area contributed by atoms with E-state index in [0.29, 0.717) is 11.0 Å². The molecule has 2 aromatic heterocycles. The molecule has 13 heavy (non-hydrogen) atoms. The molecule has 0 saturated heterocycles. The van der Waals surface area contributed by atoms with Gasteiger partial charge in [0.25, 0.3) is 0 Å². The van der Waals surface area contributed by atoms with Crippen LogP contribution in [0.15, 0.2) is 18.5 Å². The molecule has 0 aliphatic rings. The van der Waals surface area contributed by atoms with Crippen molar-refractivity contribution in [2.24, 2.45) is 7.05 Å². The van der Waals surface area contributed by atoms with Crippen LogP contribution in [0.5, 0.6) is 0 Å². The van der Waals surface area contributed by atoms with E-state index in [4.69, 9.17) is 5.11 Å². The Morgan fingerprint density at radius 2 is 2.38 bits per heavy atom. The highest BCUT2D eigenvalue weighted by molar-refractivity contribution is 6.01. The molecule has 1 N–H and O–H groups in total. The van der Waals surface area contributed by atoms with Gasteiger partial charge in [-0.3, -0.25) is 4.68 Å². The minimum Gasteiger partial charge on any atom is -0.478 e. The SMILES string of the molecule is Cn1cc2c(C(=O)O)ccnc2n1. The third-order valence-corrected chi connectivity index (χ3v) is 1.77. The molecule has 0 aliphatic carbocycles. The standard InChI is InChI=1S/C8H7N3O2/c1-11-4-6-5(8(12)13)2-3-9-7(6)10-11/h2-4H,1H3,(H,12,13). The topological polar surface area (TPSA) is 68.0 Å². The van der Waals surface area contributed by atoms with Crippen molar-refractivity contribution in [2.75, 3.05) is 0 Å². The third-order valence-electron chi connectivity index (χ3n) is 1.77. The van der Waals surface area contributed by atoms with E-state index in [9.17, 15) is 4.79 Å². The van der Waals surface area contributed by atoms with Crippen molar-refractivity contribution in [3.05, 3.63) is 24.0 Å². The second kappa shape index (κ2) is 2.55. The summed E-state index contributed by atoms with van der Waals surface area (Å²) < 4.78 is 1.55. The van der Waals surface area contributed by atoms with Crippen LogP contribution in [0.4, 0.5) is 0 Å². The fourth-order valence-electron chi connectivity index (χ4n) is 1.22. The number of aryl methyl sites for hydroxylation is 1. The van der Waals surface area contributed by atoms with E-state index in [1.54, 1.807) is 17.9 Å². The van der Waals surface area contributed by atoms with Gasteiger partial charge in [0.15, 0.2) is 5.65 Å². The zero-order chi connectivity index (χ0) is 9.42. The molecule has 0 atom stereocenters. The summed E-state index contributed by atoms with van der Waals surface area (Å²) in [5.41, 5.74) is 0.695. The largest absolute Gasteiger partial charge is 0.478 e. The van der Waals surface area contributed by atoms with E-state index < -0.39 is 5.97 Å². The maximum Gasteiger partial charge on any atom is 0.336 e. The van der Waals surface area contributed by atoms with Gasteiger partial charge in [0, 0.05) is 19.4 Å². The van der Waals surface area contributed by atoms with E-state index in [1.165, 1.54) is 12.3 Å². The fourth-order valence-corrected chi connectivity index (χ4v) is 1.22. The maximum atomic E-state index is 10.8. The van der Waals surface area contributed by atoms with Crippen molar-refractivity contribution in [3.8, 4) is 0 Å². The number of aromatic nitrogens is 3. The predicted octanol–water partition coefficient (Wildman–Crippen LogP) is 0.666. The summed E-state index contributed by atoms with van der Waals surface area (Å²) in [5.74, 6) is -0.958. The summed E-state index contributed by atoms with van der Waals surface area (Å²) >= 11 is 0. The molecule has 0 radical (unpaired) electrons. The molecule has 2 rings (SSSR count). The van der Waals surface area contributed by atoms with Gasteiger partial charge in [0.2, 0.25) is 0 Å². The first kappa shape index (κ1) is 7.72. The summed E-state index contributed by atoms with van der Waals surface area (Å²) in [7, 11) is 1.73. The summed E-state index contributed by atoms with van der Waals surface area (Å²) in [6.07, 6.45) is 3.09. The summed E-state index contributed by atoms with van der Waals surface area (Å²) in [4.78, 5) is 14.7. The molecule has 0 saturated carbocycles. The van der Waals surface area contributed by atoms with Gasteiger partial charge in [-0.05, 0) is 6.07 Å². The Bertz CT molecular complexity index is 475. The predicted molar refractivity (Wildman–Crippen MR) is 45.5 cm³/mol. The van der Waals surface area contributed by atoms with Crippen molar-refractivity contribution in [2.45, 2.75) is 0 Å². The van der Waals surface area contributed by atoms with Crippen LogP contribution in [0.1, 0.15) is 10.4 Å². The molecular weight excluding hydrogens is 170 g/mol. The average molecular weight is 177 g/mol. The highest BCUT2D eigenvalue weighted by Gasteiger charge is 2.10. The number of nitrogens with zero attached hydrogens (tertiary/aromatic N) is 3. The van der Waals surface area contributed by atoms with Crippen molar-refractivity contribution in [1.82, 2.24) is 14.8 Å². The lowest BCUT2D eigenvalue weighted by atomic mass is 10.2. The van der Waals surface area contributed by atoms with Gasteiger partial charge < -0.3 is 5.11 Å². The monoisotopic (exact) mass is 177 g/mol. The van der Waals surface area contributed by atoms with Crippen LogP contribution in [0.25, 0.3) is 11.0 Å². The van der Waals surface area contributed by atoms with E-state index in [2.05, 4.69) is 10.1 Å². The number of carbonyl (C=O) groups is 1. The molecule has 66 valence electrons. The Kier molecular flexibility index (Phi) is 1.51. The number of pyridine rings is 1. The van der Waals surface area contributed by atoms with Gasteiger partial charge in [0.05, 0.1) is 10.9 Å². The summed E-state index contributed by atoms with van der Waals surface area (Å²) in [6.45, 7) is 0. The number of carboxylic acids is 1. The van der Waals surface area contributed by atoms with Crippen LogP contribution >= 0.6 is 0 Å². The van der Waals surface area contributed by atoms with Crippen LogP contribution in [0.3, 0.4) is 0 Å². The Morgan fingerprint density at radius 1 is 1.62 bits per heavy atom. The van der Waals surface area contributed by atoms with Crippen molar-refractivity contribution < 1.29 is 9.90 Å². The van der Waals surface area contributed by atoms with Crippen LogP contribution in [-0.2, 0) is 7.05 Å². The number of carboxylic acid groups (broad SMARTS) is 1. The average Bonchev–Trinajstić information content (AvgIpc) is 2.43. The number of fused-ring (bicyclic) bond motifs is 1. The number of aromatic carboxylic acids is 1. The third kappa shape index (κ3) is 1.14. The maximum absolute atomic E-state index is 10.8. The molecule has 0 aliphatic heterocycles. The van der Waals surface area contributed by atoms with E-state index in [1.807, 2.05) is 0 Å². The van der Waals surface area contributed by atoms with Gasteiger partial charge in [-0.15, -0.1) is 0 Å². The molecule has 0 bridgehead atoms. The molecule has 2 heterocycles. The summed E-state index contributed by atoms with van der Waals surface area (Å²) in [6, 6.07) is 1.46. The molecule has 0 amide bonds.